The molecule has 4 rings (SSSR count). The van der Waals surface area contributed by atoms with Gasteiger partial charge in [-0.05, 0) is 68.1 Å². The highest BCUT2D eigenvalue weighted by molar-refractivity contribution is 7.16. The van der Waals surface area contributed by atoms with Crippen LogP contribution in [0.2, 0.25) is 5.02 Å². The second kappa shape index (κ2) is 20.4. The molecular weight excluding hydrogens is 772 g/mol. The van der Waals surface area contributed by atoms with Crippen LogP contribution in [0.3, 0.4) is 0 Å². The van der Waals surface area contributed by atoms with Crippen molar-refractivity contribution in [2.75, 3.05) is 32.7 Å². The van der Waals surface area contributed by atoms with Gasteiger partial charge in [0, 0.05) is 50.0 Å². The number of carbonyl (C=O) groups is 3. The third-order valence-corrected chi connectivity index (χ3v) is 8.86. The number of aliphatic carboxylic acids is 2. The molecule has 0 radical (unpaired) electrons. The van der Waals surface area contributed by atoms with Crippen molar-refractivity contribution in [3.63, 3.8) is 0 Å². The number of aromatic amines is 1. The van der Waals surface area contributed by atoms with E-state index >= 15 is 0 Å². The Morgan fingerprint density at radius 2 is 1.47 bits per heavy atom. The minimum Gasteiger partial charge on any atom is -0.506 e. The van der Waals surface area contributed by atoms with Crippen molar-refractivity contribution in [3.8, 4) is 5.75 Å². The number of amides is 1. The van der Waals surface area contributed by atoms with Gasteiger partial charge in [-0.3, -0.25) is 9.59 Å². The van der Waals surface area contributed by atoms with Crippen molar-refractivity contribution in [1.82, 2.24) is 20.5 Å². The maximum Gasteiger partial charge on any atom is 0.490 e. The summed E-state index contributed by atoms with van der Waals surface area (Å²) >= 11 is 7.10. The van der Waals surface area contributed by atoms with Gasteiger partial charge in [-0.25, -0.2) is 18.4 Å². The smallest absolute Gasteiger partial charge is 0.490 e. The van der Waals surface area contributed by atoms with Crippen LogP contribution in [0.1, 0.15) is 43.2 Å². The van der Waals surface area contributed by atoms with Crippen molar-refractivity contribution >= 4 is 51.0 Å². The van der Waals surface area contributed by atoms with Gasteiger partial charge in [-0.1, -0.05) is 41.1 Å². The number of carboxylic acids is 2. The first-order chi connectivity index (χ1) is 24.6. The molecule has 0 saturated heterocycles. The average molecular weight is 809 g/mol. The fourth-order valence-corrected chi connectivity index (χ4v) is 6.16. The summed E-state index contributed by atoms with van der Waals surface area (Å²) in [7, 11) is 0. The van der Waals surface area contributed by atoms with Crippen LogP contribution in [-0.2, 0) is 27.2 Å². The number of phenols is 1. The van der Waals surface area contributed by atoms with Gasteiger partial charge < -0.3 is 35.8 Å². The molecular formula is C32H37ClF8N4O7S. The van der Waals surface area contributed by atoms with Gasteiger partial charge in [0.25, 0.3) is 0 Å². The average Bonchev–Trinajstić information content (AvgIpc) is 3.46. The fraction of sp³-hybridized carbons (Fsp3) is 0.500. The predicted molar refractivity (Wildman–Crippen MR) is 180 cm³/mol. The summed E-state index contributed by atoms with van der Waals surface area (Å²) in [5.74, 6) is -8.14. The van der Waals surface area contributed by atoms with Gasteiger partial charge in [-0.15, -0.1) is 0 Å². The molecule has 21 heteroatoms. The van der Waals surface area contributed by atoms with Crippen molar-refractivity contribution in [2.24, 2.45) is 0 Å². The number of aromatic nitrogens is 1. The van der Waals surface area contributed by atoms with Crippen molar-refractivity contribution < 1.29 is 64.8 Å². The van der Waals surface area contributed by atoms with Crippen LogP contribution in [0.5, 0.6) is 5.75 Å². The minimum atomic E-state index is -5.08. The Kier molecular flexibility index (Phi) is 17.4. The zero-order valence-corrected chi connectivity index (χ0v) is 29.3. The highest BCUT2D eigenvalue weighted by Gasteiger charge is 2.39. The number of benzene rings is 2. The Hall–Kier alpha value is -4.01. The van der Waals surface area contributed by atoms with Gasteiger partial charge in [0.2, 0.25) is 11.8 Å². The molecule has 0 aliphatic heterocycles. The van der Waals surface area contributed by atoms with E-state index in [9.17, 15) is 49.8 Å². The van der Waals surface area contributed by atoms with Crippen LogP contribution >= 0.6 is 22.9 Å². The van der Waals surface area contributed by atoms with Gasteiger partial charge in [0.05, 0.1) is 4.70 Å². The zero-order valence-electron chi connectivity index (χ0n) is 27.8. The van der Waals surface area contributed by atoms with E-state index in [4.69, 9.17) is 31.4 Å². The summed E-state index contributed by atoms with van der Waals surface area (Å²) in [5.41, 5.74) is 2.52. The molecule has 0 atom stereocenters. The number of alkyl halides is 8. The van der Waals surface area contributed by atoms with Gasteiger partial charge in [-0.2, -0.15) is 26.3 Å². The number of carboxylic acid groups (broad SMARTS) is 2. The van der Waals surface area contributed by atoms with Crippen LogP contribution in [0, 0.1) is 0 Å². The number of rotatable bonds is 13. The molecule has 296 valence electrons. The topological polar surface area (TPSA) is 172 Å². The lowest BCUT2D eigenvalue weighted by atomic mass is 9.91. The van der Waals surface area contributed by atoms with Gasteiger partial charge in [0.15, 0.2) is 0 Å². The highest BCUT2D eigenvalue weighted by atomic mass is 35.5. The summed E-state index contributed by atoms with van der Waals surface area (Å²) in [6, 6.07) is 10.9. The van der Waals surface area contributed by atoms with Crippen LogP contribution in [-0.4, -0.2) is 100 Å². The number of nitrogens with one attached hydrogen (secondary N) is 3. The molecule has 0 unspecified atom stereocenters. The molecule has 1 amide bonds. The number of aromatic hydroxyl groups is 1. The molecule has 1 fully saturated rings. The molecule has 1 heterocycles. The normalized spacial score (nSPS) is 14.4. The summed E-state index contributed by atoms with van der Waals surface area (Å²) in [6.07, 6.45) is -8.19. The van der Waals surface area contributed by atoms with E-state index in [1.807, 2.05) is 24.3 Å². The van der Waals surface area contributed by atoms with Crippen molar-refractivity contribution in [1.29, 1.82) is 0 Å². The molecule has 0 spiro atoms. The third-order valence-electron chi connectivity index (χ3n) is 7.67. The second-order valence-electron chi connectivity index (χ2n) is 11.6. The quantitative estimate of drug-likeness (QED) is 0.0899. The predicted octanol–water partition coefficient (Wildman–Crippen LogP) is 5.98. The summed E-state index contributed by atoms with van der Waals surface area (Å²) in [4.78, 5) is 46.9. The van der Waals surface area contributed by atoms with Crippen molar-refractivity contribution in [3.05, 3.63) is 62.2 Å². The largest absolute Gasteiger partial charge is 0.506 e. The van der Waals surface area contributed by atoms with Crippen molar-refractivity contribution in [2.45, 2.75) is 69.3 Å². The number of carbonyl (C=O) groups excluding carboxylic acids is 1. The lowest BCUT2D eigenvalue weighted by Crippen LogP contribution is -2.47. The molecule has 11 nitrogen and oxygen atoms in total. The molecule has 2 aromatic carbocycles. The van der Waals surface area contributed by atoms with Crippen LogP contribution in [0.4, 0.5) is 35.1 Å². The summed E-state index contributed by atoms with van der Waals surface area (Å²) < 4.78 is 91.8. The maximum atomic E-state index is 13.8. The maximum absolute atomic E-state index is 13.8. The number of halogens is 9. The monoisotopic (exact) mass is 808 g/mol. The Morgan fingerprint density at radius 3 is 2.04 bits per heavy atom. The van der Waals surface area contributed by atoms with E-state index < -0.39 is 30.2 Å². The highest BCUT2D eigenvalue weighted by Crippen LogP contribution is 2.35. The van der Waals surface area contributed by atoms with E-state index in [0.29, 0.717) is 68.9 Å². The molecule has 1 aromatic heterocycles. The summed E-state index contributed by atoms with van der Waals surface area (Å²) in [5, 5.41) is 31.6. The second-order valence-corrected chi connectivity index (χ2v) is 13.0. The number of thiazole rings is 1. The number of H-pyrrole nitrogens is 1. The van der Waals surface area contributed by atoms with Crippen LogP contribution in [0.25, 0.3) is 10.2 Å². The van der Waals surface area contributed by atoms with E-state index in [1.165, 1.54) is 0 Å². The molecule has 1 aliphatic rings. The third kappa shape index (κ3) is 16.3. The fourth-order valence-electron chi connectivity index (χ4n) is 5.05. The summed E-state index contributed by atoms with van der Waals surface area (Å²) in [6.45, 7) is 2.82. The molecule has 53 heavy (non-hydrogen) atoms. The lowest BCUT2D eigenvalue weighted by molar-refractivity contribution is -0.193. The van der Waals surface area contributed by atoms with Gasteiger partial charge >= 0.3 is 29.2 Å². The molecule has 6 N–H and O–H groups in total. The Labute approximate surface area is 305 Å². The number of fused-ring (bicyclic) bond motifs is 1. The first-order valence-corrected chi connectivity index (χ1v) is 17.1. The Morgan fingerprint density at radius 1 is 0.906 bits per heavy atom. The zero-order chi connectivity index (χ0) is 40.0. The number of nitrogens with zero attached hydrogens (tertiary/aromatic N) is 1. The standard InChI is InChI=1S/C28H35ClF2N4O3S.2C2HF3O2/c29-21-3-1-2-19(18-21)8-13-32-15-10-24(37)35(22-6-11-28(30,31)12-7-22)17-16-33-14-9-20-4-5-23(36)25-26(20)39-27(38)34-25;2*3-2(4,5)1(6)7/h1-5,18,22,32-33,36H,6-17H2,(H,34,38);2*(H,6,7). The number of hydrogen-bond acceptors (Lipinski definition) is 8. The van der Waals surface area contributed by atoms with Crippen LogP contribution < -0.4 is 15.5 Å². The first kappa shape index (κ1) is 45.1. The van der Waals surface area contributed by atoms with E-state index in [0.717, 1.165) is 33.6 Å². The molecule has 1 aliphatic carbocycles. The van der Waals surface area contributed by atoms with Gasteiger partial charge in [0.1, 0.15) is 11.3 Å². The first-order valence-electron chi connectivity index (χ1n) is 15.9. The Bertz CT molecular complexity index is 1690. The minimum absolute atomic E-state index is 0.0281. The molecule has 1 saturated carbocycles. The molecule has 3 aromatic rings. The molecule has 0 bridgehead atoms. The van der Waals surface area contributed by atoms with E-state index in [-0.39, 0.29) is 35.4 Å². The van der Waals surface area contributed by atoms with Crippen LogP contribution in [0.15, 0.2) is 41.2 Å². The number of hydrogen-bond donors (Lipinski definition) is 6. The van der Waals surface area contributed by atoms with E-state index in [2.05, 4.69) is 15.6 Å². The van der Waals surface area contributed by atoms with E-state index in [1.54, 1.807) is 17.0 Å². The SMILES string of the molecule is O=C(CCNCCc1cccc(Cl)c1)N(CCNCCc1ccc(O)c2[nH]c(=O)sc12)C1CCC(F)(F)CC1.O=C(O)C(F)(F)F.O=C(O)C(F)(F)F. The lowest BCUT2D eigenvalue weighted by Gasteiger charge is -2.37. The Balaban J connectivity index is 0.000000587. The number of phenolic OH excluding ortho intramolecular Hbond substituents is 1.